The first-order chi connectivity index (χ1) is 19.0. The van der Waals surface area contributed by atoms with E-state index in [9.17, 15) is 22.4 Å². The fourth-order valence-electron chi connectivity index (χ4n) is 4.13. The van der Waals surface area contributed by atoms with E-state index in [4.69, 9.17) is 16.3 Å². The predicted molar refractivity (Wildman–Crippen MR) is 154 cm³/mol. The minimum Gasteiger partial charge on any atom is -0.495 e. The normalized spacial score (nSPS) is 11.9. The van der Waals surface area contributed by atoms with Crippen molar-refractivity contribution in [3.63, 3.8) is 0 Å². The van der Waals surface area contributed by atoms with Gasteiger partial charge in [-0.2, -0.15) is 0 Å². The van der Waals surface area contributed by atoms with Crippen LogP contribution in [0.3, 0.4) is 0 Å². The summed E-state index contributed by atoms with van der Waals surface area (Å²) in [6.45, 7) is 1.69. The van der Waals surface area contributed by atoms with Gasteiger partial charge in [0.2, 0.25) is 21.8 Å². The highest BCUT2D eigenvalue weighted by atomic mass is 35.5. The summed E-state index contributed by atoms with van der Waals surface area (Å²) in [5.41, 5.74) is 1.56. The van der Waals surface area contributed by atoms with Gasteiger partial charge < -0.3 is 15.0 Å². The quantitative estimate of drug-likeness (QED) is 0.318. The van der Waals surface area contributed by atoms with Gasteiger partial charge in [0.15, 0.2) is 0 Å². The molecule has 3 aromatic carbocycles. The maximum absolute atomic E-state index is 14.0. The molecule has 0 fully saturated rings. The number of nitrogens with zero attached hydrogens (tertiary/aromatic N) is 2. The molecule has 0 radical (unpaired) electrons. The predicted octanol–water partition coefficient (Wildman–Crippen LogP) is 4.42. The Morgan fingerprint density at radius 3 is 2.27 bits per heavy atom. The average molecular weight is 590 g/mol. The maximum Gasteiger partial charge on any atom is 0.244 e. The molecule has 11 heteroatoms. The van der Waals surface area contributed by atoms with E-state index in [-0.39, 0.29) is 29.6 Å². The summed E-state index contributed by atoms with van der Waals surface area (Å²) in [5, 5.41) is 3.03. The molecule has 0 heterocycles. The molecule has 0 saturated carbocycles. The van der Waals surface area contributed by atoms with Crippen LogP contribution in [0, 0.1) is 5.82 Å². The maximum atomic E-state index is 14.0. The van der Waals surface area contributed by atoms with Gasteiger partial charge in [0.25, 0.3) is 0 Å². The molecule has 0 aliphatic carbocycles. The van der Waals surface area contributed by atoms with Crippen LogP contribution in [0.2, 0.25) is 5.02 Å². The van der Waals surface area contributed by atoms with Crippen molar-refractivity contribution in [2.45, 2.75) is 32.4 Å². The van der Waals surface area contributed by atoms with Crippen molar-refractivity contribution < 1.29 is 27.1 Å². The van der Waals surface area contributed by atoms with Crippen molar-refractivity contribution in [1.29, 1.82) is 0 Å². The van der Waals surface area contributed by atoms with E-state index in [0.29, 0.717) is 24.3 Å². The molecule has 0 aliphatic heterocycles. The Labute approximate surface area is 239 Å². The van der Waals surface area contributed by atoms with Crippen LogP contribution in [0.1, 0.15) is 24.5 Å². The zero-order valence-corrected chi connectivity index (χ0v) is 24.2. The molecule has 3 aromatic rings. The molecule has 8 nitrogen and oxygen atoms in total. The number of sulfonamides is 1. The van der Waals surface area contributed by atoms with Crippen molar-refractivity contribution >= 4 is 39.1 Å². The second-order valence-electron chi connectivity index (χ2n) is 9.23. The van der Waals surface area contributed by atoms with Crippen molar-refractivity contribution in [2.75, 3.05) is 30.8 Å². The molecule has 3 rings (SSSR count). The van der Waals surface area contributed by atoms with E-state index in [2.05, 4.69) is 5.32 Å². The number of amides is 2. The third-order valence-electron chi connectivity index (χ3n) is 6.19. The van der Waals surface area contributed by atoms with Gasteiger partial charge >= 0.3 is 0 Å². The molecule has 0 spiro atoms. The highest BCUT2D eigenvalue weighted by Gasteiger charge is 2.33. The highest BCUT2D eigenvalue weighted by Crippen LogP contribution is 2.30. The van der Waals surface area contributed by atoms with Gasteiger partial charge in [-0.15, -0.1) is 0 Å². The second kappa shape index (κ2) is 14.1. The summed E-state index contributed by atoms with van der Waals surface area (Å²) in [7, 11) is -2.51. The van der Waals surface area contributed by atoms with Gasteiger partial charge in [0, 0.05) is 19.5 Å². The Morgan fingerprint density at radius 2 is 1.70 bits per heavy atom. The fraction of sp³-hybridized carbons (Fsp3) is 0.310. The van der Waals surface area contributed by atoms with Crippen molar-refractivity contribution in [2.24, 2.45) is 0 Å². The van der Waals surface area contributed by atoms with E-state index in [0.717, 1.165) is 16.1 Å². The lowest BCUT2D eigenvalue weighted by atomic mass is 10.0. The number of hydrogen-bond donors (Lipinski definition) is 1. The molecule has 0 saturated heterocycles. The smallest absolute Gasteiger partial charge is 0.244 e. The minimum absolute atomic E-state index is 0.0445. The Kier molecular flexibility index (Phi) is 10.9. The van der Waals surface area contributed by atoms with Crippen LogP contribution in [0.25, 0.3) is 0 Å². The monoisotopic (exact) mass is 589 g/mol. The molecule has 1 N–H and O–H groups in total. The Balaban J connectivity index is 2.04. The third kappa shape index (κ3) is 8.43. The molecule has 2 amide bonds. The molecule has 0 unspecified atom stereocenters. The van der Waals surface area contributed by atoms with Crippen LogP contribution >= 0.6 is 11.6 Å². The molecule has 0 aromatic heterocycles. The number of anilines is 1. The lowest BCUT2D eigenvalue weighted by Crippen LogP contribution is -2.53. The first-order valence-electron chi connectivity index (χ1n) is 12.7. The molecule has 0 bridgehead atoms. The number of hydrogen-bond acceptors (Lipinski definition) is 5. The van der Waals surface area contributed by atoms with Crippen molar-refractivity contribution in [3.8, 4) is 5.75 Å². The number of methoxy groups -OCH3 is 1. The zero-order valence-electron chi connectivity index (χ0n) is 22.6. The number of carbonyl (C=O) groups is 2. The summed E-state index contributed by atoms with van der Waals surface area (Å²) >= 11 is 6.25. The molecule has 1 atom stereocenters. The lowest BCUT2D eigenvalue weighted by Gasteiger charge is -2.33. The largest absolute Gasteiger partial charge is 0.495 e. The topological polar surface area (TPSA) is 96.0 Å². The van der Waals surface area contributed by atoms with E-state index in [1.807, 2.05) is 37.3 Å². The van der Waals surface area contributed by atoms with Gasteiger partial charge in [-0.25, -0.2) is 12.8 Å². The molecular formula is C29H33ClFN3O5S. The number of nitrogens with one attached hydrogen (secondary N) is 1. The van der Waals surface area contributed by atoms with E-state index in [1.165, 1.54) is 54.5 Å². The number of benzene rings is 3. The van der Waals surface area contributed by atoms with Crippen LogP contribution in [0.4, 0.5) is 10.1 Å². The Morgan fingerprint density at radius 1 is 1.02 bits per heavy atom. The molecule has 214 valence electrons. The Hall–Kier alpha value is -3.63. The second-order valence-corrected chi connectivity index (χ2v) is 11.5. The van der Waals surface area contributed by atoms with Crippen LogP contribution in [0.5, 0.6) is 5.75 Å². The van der Waals surface area contributed by atoms with E-state index >= 15 is 0 Å². The SMILES string of the molecule is CCCNC(=O)[C@@H](Cc1ccccc1)N(Cc1ccc(F)cc1)C(=O)CN(c1ccc(OC)c(Cl)c1)S(C)(=O)=O. The first-order valence-corrected chi connectivity index (χ1v) is 14.9. The van der Waals surface area contributed by atoms with Crippen LogP contribution < -0.4 is 14.4 Å². The summed E-state index contributed by atoms with van der Waals surface area (Å²) in [6, 6.07) is 18.2. The minimum atomic E-state index is -3.94. The van der Waals surface area contributed by atoms with Crippen LogP contribution in [0.15, 0.2) is 72.8 Å². The fourth-order valence-corrected chi connectivity index (χ4v) is 5.22. The van der Waals surface area contributed by atoms with Gasteiger partial charge in [0.05, 0.1) is 24.1 Å². The van der Waals surface area contributed by atoms with Crippen molar-refractivity contribution in [3.05, 3.63) is 94.8 Å². The number of rotatable bonds is 13. The number of ether oxygens (including phenoxy) is 1. The van der Waals surface area contributed by atoms with Crippen molar-refractivity contribution in [1.82, 2.24) is 10.2 Å². The van der Waals surface area contributed by atoms with E-state index < -0.39 is 34.3 Å². The standard InChI is InChI=1S/C29H33ClFN3O5S/c1-4-16-32-29(36)26(17-21-8-6-5-7-9-21)33(19-22-10-12-23(31)13-11-22)28(35)20-34(40(3,37)38)24-14-15-27(39-2)25(30)18-24/h5-15,18,26H,4,16-17,19-20H2,1-3H3,(H,32,36)/t26-/m1/s1. The molecule has 40 heavy (non-hydrogen) atoms. The van der Waals surface area contributed by atoms with Gasteiger partial charge in [0.1, 0.15) is 24.2 Å². The van der Waals surface area contributed by atoms with Gasteiger partial charge in [-0.1, -0.05) is 61.0 Å². The zero-order chi connectivity index (χ0) is 29.3. The average Bonchev–Trinajstić information content (AvgIpc) is 2.93. The van der Waals surface area contributed by atoms with Crippen LogP contribution in [-0.2, 0) is 32.6 Å². The summed E-state index contributed by atoms with van der Waals surface area (Å²) in [5.74, 6) is -1.09. The highest BCUT2D eigenvalue weighted by molar-refractivity contribution is 7.92. The molecule has 0 aliphatic rings. The summed E-state index contributed by atoms with van der Waals surface area (Å²) in [6.07, 6.45) is 1.87. The number of carbonyl (C=O) groups excluding carboxylic acids is 2. The Bertz CT molecular complexity index is 1400. The van der Waals surface area contributed by atoms with Crippen LogP contribution in [-0.4, -0.2) is 57.6 Å². The first kappa shape index (κ1) is 30.9. The summed E-state index contributed by atoms with van der Waals surface area (Å²) in [4.78, 5) is 28.7. The number of halogens is 2. The lowest BCUT2D eigenvalue weighted by molar-refractivity contribution is -0.140. The van der Waals surface area contributed by atoms with Gasteiger partial charge in [-0.05, 0) is 47.9 Å². The summed E-state index contributed by atoms with van der Waals surface area (Å²) < 4.78 is 45.4. The van der Waals surface area contributed by atoms with E-state index in [1.54, 1.807) is 0 Å². The van der Waals surface area contributed by atoms with Gasteiger partial charge in [-0.3, -0.25) is 13.9 Å². The molecular weight excluding hydrogens is 557 g/mol. The third-order valence-corrected chi connectivity index (χ3v) is 7.63.